The van der Waals surface area contributed by atoms with E-state index in [0.29, 0.717) is 6.42 Å². The largest absolute Gasteiger partial charge is 0.481 e. The van der Waals surface area contributed by atoms with Gasteiger partial charge in [0, 0.05) is 6.42 Å². The summed E-state index contributed by atoms with van der Waals surface area (Å²) in [5.41, 5.74) is -0.882. The van der Waals surface area contributed by atoms with Gasteiger partial charge in [0.05, 0.1) is 5.41 Å². The third-order valence-electron chi connectivity index (χ3n) is 2.21. The maximum absolute atomic E-state index is 10.8. The summed E-state index contributed by atoms with van der Waals surface area (Å²) >= 11 is 0. The fraction of sp³-hybridized carbons (Fsp3) is 0.778. The Kier molecular flexibility index (Phi) is 4.45. The molecule has 0 spiro atoms. The zero-order valence-corrected chi connectivity index (χ0v) is 8.04. The molecule has 0 bridgehead atoms. The molecule has 0 radical (unpaired) electrons. The highest BCUT2D eigenvalue weighted by Gasteiger charge is 2.32. The number of carbonyl (C=O) groups is 2. The van der Waals surface area contributed by atoms with Crippen molar-refractivity contribution in [3.8, 4) is 0 Å². The summed E-state index contributed by atoms with van der Waals surface area (Å²) in [5.74, 6) is -1.85. The Labute approximate surface area is 77.6 Å². The molecule has 0 amide bonds. The van der Waals surface area contributed by atoms with E-state index >= 15 is 0 Å². The molecule has 0 aromatic rings. The minimum absolute atomic E-state index is 0.0806. The molecule has 0 saturated heterocycles. The van der Waals surface area contributed by atoms with E-state index in [1.54, 1.807) is 6.92 Å². The predicted octanol–water partition coefficient (Wildman–Crippen LogP) is 1.74. The van der Waals surface area contributed by atoms with Crippen molar-refractivity contribution in [2.45, 2.75) is 39.5 Å². The Morgan fingerprint density at radius 3 is 2.08 bits per heavy atom. The topological polar surface area (TPSA) is 74.6 Å². The zero-order valence-electron chi connectivity index (χ0n) is 8.04. The maximum atomic E-state index is 10.8. The van der Waals surface area contributed by atoms with Crippen LogP contribution in [0.25, 0.3) is 0 Å². The molecule has 13 heavy (non-hydrogen) atoms. The zero-order chi connectivity index (χ0) is 10.5. The highest BCUT2D eigenvalue weighted by molar-refractivity contribution is 5.75. The van der Waals surface area contributed by atoms with Crippen LogP contribution in [-0.2, 0) is 9.59 Å². The second kappa shape index (κ2) is 4.84. The van der Waals surface area contributed by atoms with Crippen LogP contribution in [0, 0.1) is 5.41 Å². The van der Waals surface area contributed by atoms with E-state index in [1.165, 1.54) is 0 Å². The SMILES string of the molecule is CCCC(C)(CCC(=O)O)C(=O)O. The summed E-state index contributed by atoms with van der Waals surface area (Å²) < 4.78 is 0. The number of carboxylic acids is 2. The highest BCUT2D eigenvalue weighted by atomic mass is 16.4. The normalized spacial score (nSPS) is 14.9. The molecule has 0 aromatic carbocycles. The van der Waals surface area contributed by atoms with E-state index in [0.717, 1.165) is 6.42 Å². The predicted molar refractivity (Wildman–Crippen MR) is 47.5 cm³/mol. The second-order valence-corrected chi connectivity index (χ2v) is 3.51. The fourth-order valence-corrected chi connectivity index (χ4v) is 1.27. The molecule has 0 heterocycles. The molecule has 4 nitrogen and oxygen atoms in total. The van der Waals surface area contributed by atoms with Gasteiger partial charge in [0.1, 0.15) is 0 Å². The monoisotopic (exact) mass is 188 g/mol. The first-order chi connectivity index (χ1) is 5.92. The van der Waals surface area contributed by atoms with E-state index in [9.17, 15) is 9.59 Å². The standard InChI is InChI=1S/C9H16O4/c1-3-5-9(2,8(12)13)6-4-7(10)11/h3-6H2,1-2H3,(H,10,11)(H,12,13). The lowest BCUT2D eigenvalue weighted by molar-refractivity contribution is -0.149. The van der Waals surface area contributed by atoms with Crippen LogP contribution in [0.5, 0.6) is 0 Å². The Morgan fingerprint density at radius 1 is 1.23 bits per heavy atom. The van der Waals surface area contributed by atoms with E-state index in [-0.39, 0.29) is 12.8 Å². The average molecular weight is 188 g/mol. The summed E-state index contributed by atoms with van der Waals surface area (Å²) in [4.78, 5) is 21.1. The van der Waals surface area contributed by atoms with Gasteiger partial charge in [-0.3, -0.25) is 9.59 Å². The minimum Gasteiger partial charge on any atom is -0.481 e. The van der Waals surface area contributed by atoms with Crippen molar-refractivity contribution in [1.29, 1.82) is 0 Å². The third-order valence-corrected chi connectivity index (χ3v) is 2.21. The summed E-state index contributed by atoms with van der Waals surface area (Å²) in [6.07, 6.45) is 1.40. The number of rotatable bonds is 6. The Bertz CT molecular complexity index is 200. The van der Waals surface area contributed by atoms with Crippen LogP contribution in [0.4, 0.5) is 0 Å². The molecule has 0 aromatic heterocycles. The van der Waals surface area contributed by atoms with Gasteiger partial charge in [0.2, 0.25) is 0 Å². The Hall–Kier alpha value is -1.06. The van der Waals surface area contributed by atoms with Crippen LogP contribution in [0.15, 0.2) is 0 Å². The lowest BCUT2D eigenvalue weighted by atomic mass is 9.81. The fourth-order valence-electron chi connectivity index (χ4n) is 1.27. The van der Waals surface area contributed by atoms with Crippen molar-refractivity contribution < 1.29 is 19.8 Å². The number of carboxylic acid groups (broad SMARTS) is 2. The van der Waals surface area contributed by atoms with Gasteiger partial charge >= 0.3 is 11.9 Å². The van der Waals surface area contributed by atoms with Crippen LogP contribution in [0.3, 0.4) is 0 Å². The van der Waals surface area contributed by atoms with Crippen molar-refractivity contribution in [1.82, 2.24) is 0 Å². The van der Waals surface area contributed by atoms with Crippen LogP contribution in [0.2, 0.25) is 0 Å². The molecule has 0 fully saturated rings. The van der Waals surface area contributed by atoms with Crippen molar-refractivity contribution in [2.24, 2.45) is 5.41 Å². The van der Waals surface area contributed by atoms with E-state index in [1.807, 2.05) is 6.92 Å². The molecule has 1 unspecified atom stereocenters. The summed E-state index contributed by atoms with van der Waals surface area (Å²) in [6, 6.07) is 0. The van der Waals surface area contributed by atoms with E-state index in [4.69, 9.17) is 10.2 Å². The van der Waals surface area contributed by atoms with Crippen molar-refractivity contribution in [3.63, 3.8) is 0 Å². The van der Waals surface area contributed by atoms with Gasteiger partial charge in [-0.25, -0.2) is 0 Å². The molecule has 4 heteroatoms. The molecular weight excluding hydrogens is 172 g/mol. The van der Waals surface area contributed by atoms with Crippen molar-refractivity contribution in [2.75, 3.05) is 0 Å². The minimum atomic E-state index is -0.941. The molecule has 0 saturated carbocycles. The number of aliphatic carboxylic acids is 2. The number of hydrogen-bond donors (Lipinski definition) is 2. The van der Waals surface area contributed by atoms with E-state index in [2.05, 4.69) is 0 Å². The van der Waals surface area contributed by atoms with Crippen molar-refractivity contribution in [3.05, 3.63) is 0 Å². The van der Waals surface area contributed by atoms with E-state index < -0.39 is 17.4 Å². The third kappa shape index (κ3) is 3.92. The summed E-state index contributed by atoms with van der Waals surface area (Å²) in [5, 5.41) is 17.3. The van der Waals surface area contributed by atoms with Crippen LogP contribution in [-0.4, -0.2) is 22.2 Å². The quantitative estimate of drug-likeness (QED) is 0.665. The van der Waals surface area contributed by atoms with Crippen molar-refractivity contribution >= 4 is 11.9 Å². The maximum Gasteiger partial charge on any atom is 0.309 e. The van der Waals surface area contributed by atoms with Gasteiger partial charge in [0.15, 0.2) is 0 Å². The Balaban J connectivity index is 4.24. The van der Waals surface area contributed by atoms with Gasteiger partial charge in [-0.15, -0.1) is 0 Å². The first-order valence-corrected chi connectivity index (χ1v) is 4.37. The van der Waals surface area contributed by atoms with Crippen LogP contribution < -0.4 is 0 Å². The van der Waals surface area contributed by atoms with Gasteiger partial charge in [-0.2, -0.15) is 0 Å². The molecule has 0 aliphatic rings. The summed E-state index contributed by atoms with van der Waals surface area (Å²) in [6.45, 7) is 3.49. The van der Waals surface area contributed by atoms with Gasteiger partial charge < -0.3 is 10.2 Å². The second-order valence-electron chi connectivity index (χ2n) is 3.51. The molecule has 0 aliphatic heterocycles. The molecule has 1 atom stereocenters. The smallest absolute Gasteiger partial charge is 0.309 e. The van der Waals surface area contributed by atoms with Gasteiger partial charge in [-0.1, -0.05) is 13.3 Å². The Morgan fingerprint density at radius 2 is 1.77 bits per heavy atom. The highest BCUT2D eigenvalue weighted by Crippen LogP contribution is 2.29. The lowest BCUT2D eigenvalue weighted by Crippen LogP contribution is -2.28. The first kappa shape index (κ1) is 11.9. The summed E-state index contributed by atoms with van der Waals surface area (Å²) in [7, 11) is 0. The molecule has 0 rings (SSSR count). The molecule has 2 N–H and O–H groups in total. The number of hydrogen-bond acceptors (Lipinski definition) is 2. The van der Waals surface area contributed by atoms with Gasteiger partial charge in [0.25, 0.3) is 0 Å². The van der Waals surface area contributed by atoms with Crippen LogP contribution in [0.1, 0.15) is 39.5 Å². The molecule has 0 aliphatic carbocycles. The first-order valence-electron chi connectivity index (χ1n) is 4.37. The van der Waals surface area contributed by atoms with Crippen LogP contribution >= 0.6 is 0 Å². The van der Waals surface area contributed by atoms with Gasteiger partial charge in [-0.05, 0) is 19.8 Å². The molecule has 76 valence electrons. The average Bonchev–Trinajstić information content (AvgIpc) is 2.01. The lowest BCUT2D eigenvalue weighted by Gasteiger charge is -2.22. The molecular formula is C9H16O4.